The molecule has 8 heteroatoms. The van der Waals surface area contributed by atoms with Crippen LogP contribution in [-0.2, 0) is 14.3 Å². The molecule has 0 aliphatic carbocycles. The highest BCUT2D eigenvalue weighted by Crippen LogP contribution is 2.39. The second-order valence-corrected chi connectivity index (χ2v) is 9.89. The molecule has 0 unspecified atom stereocenters. The van der Waals surface area contributed by atoms with E-state index in [2.05, 4.69) is 28.9 Å². The summed E-state index contributed by atoms with van der Waals surface area (Å²) >= 11 is 0. The number of anilines is 3. The number of hydrogen-bond donors (Lipinski definition) is 3. The minimum atomic E-state index is -0.753. The van der Waals surface area contributed by atoms with Gasteiger partial charge in [-0.1, -0.05) is 25.1 Å². The number of fused-ring (bicyclic) bond motifs is 1. The van der Waals surface area contributed by atoms with Crippen LogP contribution >= 0.6 is 0 Å². The van der Waals surface area contributed by atoms with Gasteiger partial charge in [-0.2, -0.15) is 0 Å². The Labute approximate surface area is 207 Å². The van der Waals surface area contributed by atoms with Crippen LogP contribution in [0.1, 0.15) is 66.0 Å². The van der Waals surface area contributed by atoms with Gasteiger partial charge in [0.25, 0.3) is 0 Å². The van der Waals surface area contributed by atoms with E-state index in [4.69, 9.17) is 4.74 Å². The molecular weight excluding hydrogens is 444 g/mol. The lowest BCUT2D eigenvalue weighted by Crippen LogP contribution is -2.44. The van der Waals surface area contributed by atoms with Gasteiger partial charge in [0, 0.05) is 29.5 Å². The molecule has 1 aliphatic heterocycles. The van der Waals surface area contributed by atoms with E-state index >= 15 is 0 Å². The second kappa shape index (κ2) is 10.8. The first-order valence-corrected chi connectivity index (χ1v) is 12.1. The van der Waals surface area contributed by atoms with Crippen molar-refractivity contribution in [1.82, 2.24) is 5.32 Å². The Morgan fingerprint density at radius 1 is 1.06 bits per heavy atom. The zero-order valence-corrected chi connectivity index (χ0v) is 21.3. The zero-order valence-electron chi connectivity index (χ0n) is 21.3. The Bertz CT molecular complexity index is 1060. The maximum atomic E-state index is 12.5. The normalized spacial score (nSPS) is 18.2. The number of carbonyl (C=O) groups excluding carboxylic acids is 3. The first-order valence-electron chi connectivity index (χ1n) is 12.1. The molecule has 35 heavy (non-hydrogen) atoms. The van der Waals surface area contributed by atoms with Gasteiger partial charge in [0.2, 0.25) is 11.8 Å². The van der Waals surface area contributed by atoms with Crippen molar-refractivity contribution in [3.05, 3.63) is 54.1 Å². The maximum Gasteiger partial charge on any atom is 0.408 e. The Morgan fingerprint density at radius 2 is 1.69 bits per heavy atom. The lowest BCUT2D eigenvalue weighted by Gasteiger charge is -2.40. The highest BCUT2D eigenvalue weighted by Gasteiger charge is 2.32. The molecule has 3 rings (SSSR count). The van der Waals surface area contributed by atoms with Gasteiger partial charge in [0.05, 0.1) is 6.04 Å². The van der Waals surface area contributed by atoms with E-state index in [1.165, 1.54) is 0 Å². The van der Waals surface area contributed by atoms with Crippen molar-refractivity contribution >= 4 is 35.0 Å². The van der Waals surface area contributed by atoms with Crippen molar-refractivity contribution in [3.63, 3.8) is 0 Å². The summed E-state index contributed by atoms with van der Waals surface area (Å²) < 4.78 is 5.20. The Morgan fingerprint density at radius 3 is 2.31 bits per heavy atom. The molecule has 0 saturated carbocycles. The quantitative estimate of drug-likeness (QED) is 0.526. The number of hydrogen-bond acceptors (Lipinski definition) is 5. The predicted octanol–water partition coefficient (Wildman–Crippen LogP) is 5.23. The van der Waals surface area contributed by atoms with Crippen LogP contribution in [0.4, 0.5) is 21.9 Å². The van der Waals surface area contributed by atoms with Crippen LogP contribution in [0.5, 0.6) is 0 Å². The molecule has 3 N–H and O–H groups in total. The number of para-hydroxylation sites is 1. The highest BCUT2D eigenvalue weighted by molar-refractivity contribution is 5.96. The number of nitrogens with one attached hydrogen (secondary N) is 3. The fourth-order valence-electron chi connectivity index (χ4n) is 4.15. The van der Waals surface area contributed by atoms with E-state index in [1.807, 2.05) is 54.3 Å². The molecule has 0 saturated heterocycles. The fourth-order valence-corrected chi connectivity index (χ4v) is 4.15. The van der Waals surface area contributed by atoms with Gasteiger partial charge >= 0.3 is 6.09 Å². The lowest BCUT2D eigenvalue weighted by molar-refractivity contribution is -0.119. The molecule has 3 amide bonds. The summed E-state index contributed by atoms with van der Waals surface area (Å²) in [5.41, 5.74) is 2.93. The number of amides is 3. The third kappa shape index (κ3) is 6.74. The molecule has 188 valence electrons. The van der Waals surface area contributed by atoms with Crippen LogP contribution in [0.2, 0.25) is 0 Å². The minimum Gasteiger partial charge on any atom is -0.444 e. The molecular formula is C27H36N4O4. The average molecular weight is 481 g/mol. The Hall–Kier alpha value is -3.55. The van der Waals surface area contributed by atoms with Crippen molar-refractivity contribution in [1.29, 1.82) is 0 Å². The van der Waals surface area contributed by atoms with Gasteiger partial charge in [-0.05, 0) is 76.9 Å². The smallest absolute Gasteiger partial charge is 0.408 e. The summed E-state index contributed by atoms with van der Waals surface area (Å²) in [5, 5.41) is 8.92. The van der Waals surface area contributed by atoms with Gasteiger partial charge in [0.1, 0.15) is 11.6 Å². The van der Waals surface area contributed by atoms with Gasteiger partial charge in [-0.3, -0.25) is 9.59 Å². The van der Waals surface area contributed by atoms with E-state index in [0.717, 1.165) is 23.4 Å². The van der Waals surface area contributed by atoms with Crippen LogP contribution in [0, 0.1) is 0 Å². The van der Waals surface area contributed by atoms with Crippen LogP contribution in [0.3, 0.4) is 0 Å². The van der Waals surface area contributed by atoms with Crippen molar-refractivity contribution < 1.29 is 19.1 Å². The number of nitrogens with zero attached hydrogens (tertiary/aromatic N) is 1. The average Bonchev–Trinajstić information content (AvgIpc) is 2.78. The van der Waals surface area contributed by atoms with Crippen LogP contribution in [-0.4, -0.2) is 35.6 Å². The zero-order chi connectivity index (χ0) is 25.8. The summed E-state index contributed by atoms with van der Waals surface area (Å²) in [7, 11) is 0. The van der Waals surface area contributed by atoms with Crippen molar-refractivity contribution in [3.8, 4) is 0 Å². The number of carbonyl (C=O) groups is 3. The highest BCUT2D eigenvalue weighted by atomic mass is 16.6. The molecule has 3 atom stereocenters. The number of benzene rings is 2. The number of ether oxygens (including phenoxy) is 1. The van der Waals surface area contributed by atoms with Crippen LogP contribution < -0.4 is 20.9 Å². The third-order valence-corrected chi connectivity index (χ3v) is 5.78. The van der Waals surface area contributed by atoms with Crippen LogP contribution in [0.25, 0.3) is 0 Å². The lowest BCUT2D eigenvalue weighted by atomic mass is 9.91. The Balaban J connectivity index is 1.64. The van der Waals surface area contributed by atoms with E-state index in [-0.39, 0.29) is 23.9 Å². The van der Waals surface area contributed by atoms with Gasteiger partial charge < -0.3 is 25.6 Å². The molecule has 0 fully saturated rings. The summed E-state index contributed by atoms with van der Waals surface area (Å²) in [4.78, 5) is 38.8. The van der Waals surface area contributed by atoms with Crippen molar-refractivity contribution in [2.24, 2.45) is 0 Å². The van der Waals surface area contributed by atoms with Gasteiger partial charge in [-0.15, -0.1) is 0 Å². The molecule has 0 bridgehead atoms. The molecule has 1 aliphatic rings. The van der Waals surface area contributed by atoms with E-state index in [0.29, 0.717) is 12.1 Å². The SMILES string of the molecule is CCC(=O)N1c2ccccc2[C@H](Nc2ccc(NC(=O)[C@@H](C)NC(=O)OC(C)(C)C)cc2)C[C@@H]1C. The summed E-state index contributed by atoms with van der Waals surface area (Å²) in [6.07, 6.45) is 0.617. The molecule has 0 spiro atoms. The summed E-state index contributed by atoms with van der Waals surface area (Å²) in [6.45, 7) is 10.9. The molecule has 2 aromatic carbocycles. The first kappa shape index (κ1) is 26.1. The van der Waals surface area contributed by atoms with Crippen molar-refractivity contribution in [2.45, 2.75) is 78.1 Å². The molecule has 0 radical (unpaired) electrons. The first-order chi connectivity index (χ1) is 16.5. The molecule has 0 aromatic heterocycles. The number of rotatable bonds is 6. The summed E-state index contributed by atoms with van der Waals surface area (Å²) in [5.74, 6) is -0.217. The van der Waals surface area contributed by atoms with Gasteiger partial charge in [-0.25, -0.2) is 4.79 Å². The second-order valence-electron chi connectivity index (χ2n) is 9.89. The summed E-state index contributed by atoms with van der Waals surface area (Å²) in [6, 6.07) is 14.8. The van der Waals surface area contributed by atoms with E-state index < -0.39 is 17.7 Å². The van der Waals surface area contributed by atoms with E-state index in [9.17, 15) is 14.4 Å². The van der Waals surface area contributed by atoms with Crippen LogP contribution in [0.15, 0.2) is 48.5 Å². The monoisotopic (exact) mass is 480 g/mol. The Kier molecular flexibility index (Phi) is 8.04. The molecule has 8 nitrogen and oxygen atoms in total. The predicted molar refractivity (Wildman–Crippen MR) is 139 cm³/mol. The topological polar surface area (TPSA) is 99.8 Å². The van der Waals surface area contributed by atoms with Gasteiger partial charge in [0.15, 0.2) is 0 Å². The molecule has 2 aromatic rings. The maximum absolute atomic E-state index is 12.5. The third-order valence-electron chi connectivity index (χ3n) is 5.78. The minimum absolute atomic E-state index is 0.0561. The molecule has 1 heterocycles. The standard InChI is InChI=1S/C27H36N4O4/c1-7-24(32)31-17(2)16-22(21-10-8-9-11-23(21)31)29-19-12-14-20(15-13-19)30-25(33)18(3)28-26(34)35-27(4,5)6/h8-15,17-18,22,29H,7,16H2,1-6H3,(H,28,34)(H,30,33)/t17-,18+,22+/m0/s1. The largest absolute Gasteiger partial charge is 0.444 e. The fraction of sp³-hybridized carbons (Fsp3) is 0.444. The van der Waals surface area contributed by atoms with Crippen molar-refractivity contribution in [2.75, 3.05) is 15.5 Å². The van der Waals surface area contributed by atoms with E-state index in [1.54, 1.807) is 27.7 Å². The number of alkyl carbamates (subject to hydrolysis) is 1.